The molecule has 1 saturated carbocycles. The van der Waals surface area contributed by atoms with E-state index < -0.39 is 0 Å². The van der Waals surface area contributed by atoms with Crippen molar-refractivity contribution in [3.63, 3.8) is 0 Å². The Hall–Kier alpha value is -3.72. The number of phenolic OH excluding ortho intramolecular Hbond substituents is 1. The van der Waals surface area contributed by atoms with Crippen molar-refractivity contribution in [2.75, 3.05) is 20.1 Å². The van der Waals surface area contributed by atoms with E-state index in [1.54, 1.807) is 17.0 Å². The second-order valence-electron chi connectivity index (χ2n) is 9.34. The quantitative estimate of drug-likeness (QED) is 0.307. The van der Waals surface area contributed by atoms with Gasteiger partial charge in [0.2, 0.25) is 0 Å². The summed E-state index contributed by atoms with van der Waals surface area (Å²) < 4.78 is 0. The smallest absolute Gasteiger partial charge is 0.258 e. The lowest BCUT2D eigenvalue weighted by Gasteiger charge is -2.16. The van der Waals surface area contributed by atoms with E-state index in [1.807, 2.05) is 19.2 Å². The average molecular weight is 476 g/mol. The first-order valence-corrected chi connectivity index (χ1v) is 12.1. The predicted molar refractivity (Wildman–Crippen MR) is 130 cm³/mol. The van der Waals surface area contributed by atoms with Crippen molar-refractivity contribution < 1.29 is 19.5 Å². The van der Waals surface area contributed by atoms with Crippen LogP contribution in [0.4, 0.5) is 0 Å². The van der Waals surface area contributed by atoms with Gasteiger partial charge in [-0.2, -0.15) is 5.10 Å². The van der Waals surface area contributed by atoms with Crippen LogP contribution in [0.15, 0.2) is 30.3 Å². The third kappa shape index (κ3) is 4.39. The summed E-state index contributed by atoms with van der Waals surface area (Å²) in [6, 6.07) is 8.47. The van der Waals surface area contributed by atoms with Crippen molar-refractivity contribution >= 4 is 28.5 Å². The van der Waals surface area contributed by atoms with E-state index in [9.17, 15) is 19.5 Å². The van der Waals surface area contributed by atoms with E-state index in [4.69, 9.17) is 0 Å². The maximum atomic E-state index is 13.4. The predicted octanol–water partition coefficient (Wildman–Crippen LogP) is 2.75. The SMILES string of the molecule is CNCCNC(=O)c1ccc2c(c1)CN(C(=O)c1cc3c(C(=O)C4CCCC4)n[nH]c3cc1O)C2. The molecular weight excluding hydrogens is 446 g/mol. The largest absolute Gasteiger partial charge is 0.507 e. The van der Waals surface area contributed by atoms with E-state index in [2.05, 4.69) is 20.8 Å². The molecule has 2 aromatic carbocycles. The third-order valence-corrected chi connectivity index (χ3v) is 7.01. The number of carbonyl (C=O) groups excluding carboxylic acids is 3. The molecule has 0 atom stereocenters. The van der Waals surface area contributed by atoms with Crippen LogP contribution in [0.25, 0.3) is 10.9 Å². The average Bonchev–Trinajstić information content (AvgIpc) is 3.61. The van der Waals surface area contributed by atoms with Gasteiger partial charge in [-0.15, -0.1) is 0 Å². The number of benzene rings is 2. The minimum atomic E-state index is -0.332. The molecule has 3 aromatic rings. The summed E-state index contributed by atoms with van der Waals surface area (Å²) in [6.45, 7) is 1.92. The van der Waals surface area contributed by atoms with Crippen molar-refractivity contribution in [3.05, 3.63) is 58.3 Å². The molecule has 2 amide bonds. The van der Waals surface area contributed by atoms with Crippen LogP contribution in [-0.4, -0.2) is 57.9 Å². The van der Waals surface area contributed by atoms with E-state index in [0.29, 0.717) is 48.3 Å². The fourth-order valence-electron chi connectivity index (χ4n) is 5.05. The highest BCUT2D eigenvalue weighted by molar-refractivity contribution is 6.10. The van der Waals surface area contributed by atoms with Gasteiger partial charge in [0, 0.05) is 49.1 Å². The molecule has 5 rings (SSSR count). The molecule has 2 aliphatic rings. The normalized spacial score (nSPS) is 15.5. The Kier molecular flexibility index (Phi) is 6.25. The lowest BCUT2D eigenvalue weighted by atomic mass is 9.97. The minimum Gasteiger partial charge on any atom is -0.507 e. The number of aromatic hydroxyl groups is 1. The summed E-state index contributed by atoms with van der Waals surface area (Å²) >= 11 is 0. The Balaban J connectivity index is 1.36. The molecule has 1 aliphatic heterocycles. The number of rotatable bonds is 7. The molecule has 1 aromatic heterocycles. The fraction of sp³-hybridized carbons (Fsp3) is 0.385. The molecule has 9 heteroatoms. The van der Waals surface area contributed by atoms with Gasteiger partial charge in [0.1, 0.15) is 11.4 Å². The molecule has 0 unspecified atom stereocenters. The monoisotopic (exact) mass is 475 g/mol. The minimum absolute atomic E-state index is 0.00746. The van der Waals surface area contributed by atoms with Crippen molar-refractivity contribution in [2.45, 2.75) is 38.8 Å². The van der Waals surface area contributed by atoms with Crippen LogP contribution in [0.3, 0.4) is 0 Å². The van der Waals surface area contributed by atoms with Crippen LogP contribution < -0.4 is 10.6 Å². The number of hydrogen-bond donors (Lipinski definition) is 4. The number of H-pyrrole nitrogens is 1. The van der Waals surface area contributed by atoms with Crippen LogP contribution in [0, 0.1) is 5.92 Å². The van der Waals surface area contributed by atoms with Crippen LogP contribution in [-0.2, 0) is 13.1 Å². The number of nitrogens with zero attached hydrogens (tertiary/aromatic N) is 2. The molecule has 0 saturated heterocycles. The Morgan fingerprint density at radius 3 is 2.63 bits per heavy atom. The molecular formula is C26H29N5O4. The third-order valence-electron chi connectivity index (χ3n) is 7.01. The summed E-state index contributed by atoms with van der Waals surface area (Å²) in [5.74, 6) is -0.692. The molecule has 4 N–H and O–H groups in total. The summed E-state index contributed by atoms with van der Waals surface area (Å²) in [7, 11) is 1.82. The maximum Gasteiger partial charge on any atom is 0.258 e. The van der Waals surface area contributed by atoms with Crippen molar-refractivity contribution in [1.82, 2.24) is 25.7 Å². The van der Waals surface area contributed by atoms with Gasteiger partial charge in [-0.05, 0) is 49.2 Å². The topological polar surface area (TPSA) is 127 Å². The van der Waals surface area contributed by atoms with Gasteiger partial charge in [-0.25, -0.2) is 0 Å². The molecule has 0 bridgehead atoms. The first-order chi connectivity index (χ1) is 17.0. The van der Waals surface area contributed by atoms with Gasteiger partial charge in [0.05, 0.1) is 11.1 Å². The second-order valence-corrected chi connectivity index (χ2v) is 9.34. The Labute approximate surface area is 202 Å². The molecule has 35 heavy (non-hydrogen) atoms. The fourth-order valence-corrected chi connectivity index (χ4v) is 5.05. The van der Waals surface area contributed by atoms with E-state index in [0.717, 1.165) is 36.8 Å². The number of fused-ring (bicyclic) bond motifs is 2. The number of phenols is 1. The molecule has 1 aliphatic carbocycles. The van der Waals surface area contributed by atoms with Crippen molar-refractivity contribution in [1.29, 1.82) is 0 Å². The first kappa shape index (κ1) is 23.0. The van der Waals surface area contributed by atoms with Gasteiger partial charge < -0.3 is 20.6 Å². The zero-order valence-electron chi connectivity index (χ0n) is 19.7. The lowest BCUT2D eigenvalue weighted by Crippen LogP contribution is -2.30. The first-order valence-electron chi connectivity index (χ1n) is 12.1. The molecule has 9 nitrogen and oxygen atoms in total. The number of ketones is 1. The number of aromatic amines is 1. The van der Waals surface area contributed by atoms with E-state index in [1.165, 1.54) is 6.07 Å². The van der Waals surface area contributed by atoms with Gasteiger partial charge in [-0.1, -0.05) is 18.9 Å². The van der Waals surface area contributed by atoms with E-state index in [-0.39, 0.29) is 34.8 Å². The number of Topliss-reactive ketones (excluding diaryl/α,β-unsaturated/α-hetero) is 1. The number of amides is 2. The standard InChI is InChI=1S/C26H29N5O4/c1-27-8-9-28-25(34)16-6-7-17-13-31(14-18(17)10-16)26(35)20-11-19-21(12-22(20)32)29-30-23(19)24(33)15-4-2-3-5-15/h6-7,10-12,15,27,32H,2-5,8-9,13-14H2,1H3,(H,28,34)(H,29,30). The van der Waals surface area contributed by atoms with Crippen LogP contribution in [0.2, 0.25) is 0 Å². The lowest BCUT2D eigenvalue weighted by molar-refractivity contribution is 0.0748. The highest BCUT2D eigenvalue weighted by atomic mass is 16.3. The molecule has 0 radical (unpaired) electrons. The number of aromatic nitrogens is 2. The molecule has 2 heterocycles. The van der Waals surface area contributed by atoms with Crippen LogP contribution in [0.5, 0.6) is 5.75 Å². The van der Waals surface area contributed by atoms with E-state index >= 15 is 0 Å². The molecule has 1 fully saturated rings. The number of likely N-dealkylation sites (N-methyl/N-ethyl adjacent to an activating group) is 1. The number of nitrogens with one attached hydrogen (secondary N) is 3. The molecule has 182 valence electrons. The van der Waals surface area contributed by atoms with Gasteiger partial charge in [-0.3, -0.25) is 19.5 Å². The van der Waals surface area contributed by atoms with Gasteiger partial charge in [0.15, 0.2) is 5.78 Å². The number of carbonyl (C=O) groups is 3. The number of hydrogen-bond acceptors (Lipinski definition) is 6. The highest BCUT2D eigenvalue weighted by Crippen LogP contribution is 2.33. The summed E-state index contributed by atoms with van der Waals surface area (Å²) in [5, 5.41) is 24.0. The summed E-state index contributed by atoms with van der Waals surface area (Å²) in [6.07, 6.45) is 3.80. The van der Waals surface area contributed by atoms with Crippen LogP contribution >= 0.6 is 0 Å². The Bertz CT molecular complexity index is 1310. The highest BCUT2D eigenvalue weighted by Gasteiger charge is 2.30. The maximum absolute atomic E-state index is 13.4. The zero-order valence-corrected chi connectivity index (χ0v) is 19.7. The summed E-state index contributed by atoms with van der Waals surface area (Å²) in [4.78, 5) is 40.4. The Morgan fingerprint density at radius 1 is 1.09 bits per heavy atom. The molecule has 0 spiro atoms. The summed E-state index contributed by atoms with van der Waals surface area (Å²) in [5.41, 5.74) is 3.41. The Morgan fingerprint density at radius 2 is 1.86 bits per heavy atom. The van der Waals surface area contributed by atoms with Crippen molar-refractivity contribution in [2.24, 2.45) is 5.92 Å². The van der Waals surface area contributed by atoms with Crippen molar-refractivity contribution in [3.8, 4) is 5.75 Å². The van der Waals surface area contributed by atoms with Crippen LogP contribution in [0.1, 0.15) is 68.0 Å². The van der Waals surface area contributed by atoms with Gasteiger partial charge >= 0.3 is 0 Å². The van der Waals surface area contributed by atoms with Gasteiger partial charge in [0.25, 0.3) is 11.8 Å². The second kappa shape index (κ2) is 9.50. The zero-order chi connectivity index (χ0) is 24.5.